The molecule has 1 amide bonds. The van der Waals surface area contributed by atoms with E-state index in [4.69, 9.17) is 0 Å². The Bertz CT molecular complexity index is 860. The van der Waals surface area contributed by atoms with E-state index in [2.05, 4.69) is 39.9 Å². The number of thioether (sulfide) groups is 1. The first-order valence-electron chi connectivity index (χ1n) is 8.51. The molecule has 0 aliphatic carbocycles. The summed E-state index contributed by atoms with van der Waals surface area (Å²) in [6.45, 7) is 2.58. The number of rotatable bonds is 7. The molecule has 1 saturated heterocycles. The van der Waals surface area contributed by atoms with E-state index in [1.807, 2.05) is 6.92 Å². The molecule has 3 rings (SSSR count). The molecule has 1 aromatic carbocycles. The maximum Gasteiger partial charge on any atom is 0.230 e. The van der Waals surface area contributed by atoms with Gasteiger partial charge in [-0.3, -0.25) is 4.79 Å². The molecule has 0 saturated carbocycles. The van der Waals surface area contributed by atoms with Crippen molar-refractivity contribution in [3.05, 3.63) is 40.2 Å². The van der Waals surface area contributed by atoms with Crippen molar-refractivity contribution in [2.24, 2.45) is 0 Å². The zero-order chi connectivity index (χ0) is 18.6. The maximum atomic E-state index is 11.9. The fourth-order valence-corrected chi connectivity index (χ4v) is 6.92. The molecule has 140 valence electrons. The van der Waals surface area contributed by atoms with Crippen LogP contribution in [0.4, 0.5) is 0 Å². The third kappa shape index (κ3) is 5.56. The zero-order valence-electron chi connectivity index (χ0n) is 14.6. The van der Waals surface area contributed by atoms with Gasteiger partial charge in [0.05, 0.1) is 28.0 Å². The van der Waals surface area contributed by atoms with Crippen LogP contribution in [0.25, 0.3) is 11.3 Å². The number of thiazole rings is 1. The molecule has 1 unspecified atom stereocenters. The molecule has 2 aromatic rings. The molecule has 5 nitrogen and oxygen atoms in total. The van der Waals surface area contributed by atoms with E-state index in [9.17, 15) is 13.2 Å². The van der Waals surface area contributed by atoms with Gasteiger partial charge in [0, 0.05) is 22.7 Å². The number of hydrogen-bond acceptors (Lipinski definition) is 6. The number of aryl methyl sites for hydroxylation is 1. The van der Waals surface area contributed by atoms with E-state index < -0.39 is 9.84 Å². The Kier molecular flexibility index (Phi) is 6.37. The summed E-state index contributed by atoms with van der Waals surface area (Å²) in [7, 11) is -2.88. The van der Waals surface area contributed by atoms with Crippen molar-refractivity contribution in [1.29, 1.82) is 0 Å². The molecule has 0 radical (unpaired) electrons. The summed E-state index contributed by atoms with van der Waals surface area (Å²) in [6.07, 6.45) is 1.43. The third-order valence-electron chi connectivity index (χ3n) is 4.25. The monoisotopic (exact) mass is 410 g/mol. The minimum atomic E-state index is -2.88. The van der Waals surface area contributed by atoms with Gasteiger partial charge in [-0.1, -0.05) is 24.3 Å². The molecule has 2 heterocycles. The second-order valence-corrected chi connectivity index (χ2v) is 11.0. The summed E-state index contributed by atoms with van der Waals surface area (Å²) in [5.74, 6) is 0.745. The number of nitrogens with zero attached hydrogens (tertiary/aromatic N) is 1. The number of carbonyl (C=O) groups excluding carboxylic acids is 1. The highest BCUT2D eigenvalue weighted by atomic mass is 32.2. The van der Waals surface area contributed by atoms with Gasteiger partial charge in [0.1, 0.15) is 0 Å². The summed E-state index contributed by atoms with van der Waals surface area (Å²) in [5.41, 5.74) is 3.26. The lowest BCUT2D eigenvalue weighted by molar-refractivity contribution is -0.118. The van der Waals surface area contributed by atoms with E-state index >= 15 is 0 Å². The van der Waals surface area contributed by atoms with Crippen LogP contribution in [0, 0.1) is 6.92 Å². The number of sulfone groups is 1. The largest absolute Gasteiger partial charge is 0.355 e. The van der Waals surface area contributed by atoms with Crippen molar-refractivity contribution in [3.8, 4) is 11.3 Å². The molecule has 26 heavy (non-hydrogen) atoms. The molecule has 1 aliphatic rings. The highest BCUT2D eigenvalue weighted by Crippen LogP contribution is 2.24. The van der Waals surface area contributed by atoms with Crippen LogP contribution in [0.2, 0.25) is 0 Å². The average molecular weight is 411 g/mol. The Balaban J connectivity index is 1.38. The number of hydrogen-bond donors (Lipinski definition) is 1. The normalized spacial score (nSPS) is 18.7. The van der Waals surface area contributed by atoms with Crippen LogP contribution >= 0.6 is 23.1 Å². The highest BCUT2D eigenvalue weighted by molar-refractivity contribution is 8.02. The highest BCUT2D eigenvalue weighted by Gasteiger charge is 2.28. The Hall–Kier alpha value is -1.38. The minimum absolute atomic E-state index is 0.0335. The van der Waals surface area contributed by atoms with Gasteiger partial charge in [0.15, 0.2) is 9.84 Å². The molecule has 8 heteroatoms. The van der Waals surface area contributed by atoms with Gasteiger partial charge in [-0.05, 0) is 25.3 Å². The van der Waals surface area contributed by atoms with E-state index in [-0.39, 0.29) is 22.7 Å². The fourth-order valence-electron chi connectivity index (χ4n) is 2.82. The first-order valence-corrected chi connectivity index (χ1v) is 12.3. The molecule has 1 atom stereocenters. The lowest BCUT2D eigenvalue weighted by atomic mass is 10.1. The van der Waals surface area contributed by atoms with Gasteiger partial charge in [-0.15, -0.1) is 23.1 Å². The van der Waals surface area contributed by atoms with E-state index in [0.717, 1.165) is 28.2 Å². The van der Waals surface area contributed by atoms with Crippen molar-refractivity contribution in [3.63, 3.8) is 0 Å². The number of amides is 1. The van der Waals surface area contributed by atoms with Gasteiger partial charge >= 0.3 is 0 Å². The van der Waals surface area contributed by atoms with Crippen LogP contribution in [0.1, 0.15) is 17.0 Å². The summed E-state index contributed by atoms with van der Waals surface area (Å²) in [5, 5.41) is 6.08. The molecule has 1 aromatic heterocycles. The van der Waals surface area contributed by atoms with E-state index in [0.29, 0.717) is 18.7 Å². The van der Waals surface area contributed by atoms with Crippen LogP contribution in [-0.2, 0) is 21.1 Å². The van der Waals surface area contributed by atoms with Gasteiger partial charge in [-0.2, -0.15) is 0 Å². The van der Waals surface area contributed by atoms with Crippen LogP contribution < -0.4 is 5.32 Å². The smallest absolute Gasteiger partial charge is 0.230 e. The van der Waals surface area contributed by atoms with Crippen molar-refractivity contribution < 1.29 is 13.2 Å². The lowest BCUT2D eigenvalue weighted by Gasteiger charge is -2.08. The molecule has 1 fully saturated rings. The second kappa shape index (κ2) is 8.54. The predicted octanol–water partition coefficient (Wildman–Crippen LogP) is 2.70. The van der Waals surface area contributed by atoms with Crippen LogP contribution in [0.3, 0.4) is 0 Å². The van der Waals surface area contributed by atoms with Crippen LogP contribution in [0.5, 0.6) is 0 Å². The SMILES string of the molecule is Cc1nc(-c2ccc(CCNC(=O)CSC3CCS(=O)(=O)C3)cc2)cs1. The summed E-state index contributed by atoms with van der Waals surface area (Å²) in [6, 6.07) is 8.24. The van der Waals surface area contributed by atoms with Gasteiger partial charge in [0.2, 0.25) is 5.91 Å². The van der Waals surface area contributed by atoms with Gasteiger partial charge in [-0.25, -0.2) is 13.4 Å². The lowest BCUT2D eigenvalue weighted by Crippen LogP contribution is -2.28. The molecule has 0 bridgehead atoms. The van der Waals surface area contributed by atoms with Crippen LogP contribution in [-0.4, -0.2) is 48.4 Å². The quantitative estimate of drug-likeness (QED) is 0.759. The maximum absolute atomic E-state index is 11.9. The van der Waals surface area contributed by atoms with Gasteiger partial charge in [0.25, 0.3) is 0 Å². The summed E-state index contributed by atoms with van der Waals surface area (Å²) >= 11 is 3.09. The number of aromatic nitrogens is 1. The van der Waals surface area contributed by atoms with Crippen molar-refractivity contribution in [1.82, 2.24) is 10.3 Å². The standard InChI is InChI=1S/C18H22N2O3S3/c1-13-20-17(10-24-13)15-4-2-14(3-5-15)6-8-19-18(21)11-25-16-7-9-26(22,23)12-16/h2-5,10,16H,6-9,11-12H2,1H3,(H,19,21). The van der Waals surface area contributed by atoms with Crippen molar-refractivity contribution >= 4 is 38.8 Å². The Labute approximate surface area is 162 Å². The average Bonchev–Trinajstić information content (AvgIpc) is 3.19. The topological polar surface area (TPSA) is 76.1 Å². The van der Waals surface area contributed by atoms with E-state index in [1.165, 1.54) is 11.8 Å². The Morgan fingerprint density at radius 3 is 2.73 bits per heavy atom. The number of carbonyl (C=O) groups is 1. The van der Waals surface area contributed by atoms with Crippen molar-refractivity contribution in [2.75, 3.05) is 23.8 Å². The first-order chi connectivity index (χ1) is 12.4. The third-order valence-corrected chi connectivity index (χ3v) is 8.30. The molecular formula is C18H22N2O3S3. The first kappa shape index (κ1) is 19.4. The zero-order valence-corrected chi connectivity index (χ0v) is 17.1. The van der Waals surface area contributed by atoms with E-state index in [1.54, 1.807) is 11.3 Å². The molecule has 1 N–H and O–H groups in total. The van der Waals surface area contributed by atoms with Gasteiger partial charge < -0.3 is 5.32 Å². The number of benzene rings is 1. The number of nitrogens with one attached hydrogen (secondary N) is 1. The summed E-state index contributed by atoms with van der Waals surface area (Å²) in [4.78, 5) is 16.4. The Morgan fingerprint density at radius 1 is 1.35 bits per heavy atom. The molecule has 1 aliphatic heterocycles. The second-order valence-electron chi connectivity index (χ2n) is 6.38. The van der Waals surface area contributed by atoms with Crippen LogP contribution in [0.15, 0.2) is 29.6 Å². The van der Waals surface area contributed by atoms with Crippen molar-refractivity contribution in [2.45, 2.75) is 25.0 Å². The predicted molar refractivity (Wildman–Crippen MR) is 109 cm³/mol. The Morgan fingerprint density at radius 2 is 2.12 bits per heavy atom. The summed E-state index contributed by atoms with van der Waals surface area (Å²) < 4.78 is 22.8. The molecule has 0 spiro atoms. The minimum Gasteiger partial charge on any atom is -0.355 e. The molecular weight excluding hydrogens is 388 g/mol. The fraction of sp³-hybridized carbons (Fsp3) is 0.444.